The summed E-state index contributed by atoms with van der Waals surface area (Å²) in [6, 6.07) is 25.9. The van der Waals surface area contributed by atoms with Gasteiger partial charge in [-0.3, -0.25) is 24.8 Å². The number of nitrogens with zero attached hydrogens (tertiary/aromatic N) is 3. The third-order valence-corrected chi connectivity index (χ3v) is 9.40. The van der Waals surface area contributed by atoms with Crippen LogP contribution in [0.2, 0.25) is 0 Å². The maximum atomic E-state index is 13.0. The Morgan fingerprint density at radius 3 is 2.45 bits per heavy atom. The molecule has 44 heavy (non-hydrogen) atoms. The summed E-state index contributed by atoms with van der Waals surface area (Å²) >= 11 is 1.59. The van der Waals surface area contributed by atoms with Crippen LogP contribution in [-0.4, -0.2) is 54.5 Å². The molecule has 0 unspecified atom stereocenters. The van der Waals surface area contributed by atoms with Gasteiger partial charge in [0.2, 0.25) is 0 Å². The van der Waals surface area contributed by atoms with Crippen molar-refractivity contribution < 1.29 is 18.1 Å². The van der Waals surface area contributed by atoms with E-state index in [0.717, 1.165) is 53.8 Å². The summed E-state index contributed by atoms with van der Waals surface area (Å²) in [4.78, 5) is 31.3. The Hall–Kier alpha value is -4.52. The lowest BCUT2D eigenvalue weighted by Gasteiger charge is -2.26. The van der Waals surface area contributed by atoms with Gasteiger partial charge < -0.3 is 5.32 Å². The van der Waals surface area contributed by atoms with E-state index in [-0.39, 0.29) is 16.1 Å². The number of pyridine rings is 1. The lowest BCUT2D eigenvalue weighted by Crippen LogP contribution is -2.30. The Kier molecular flexibility index (Phi) is 10.1. The number of aromatic nitrogens is 1. The van der Waals surface area contributed by atoms with E-state index in [4.69, 9.17) is 0 Å². The third kappa shape index (κ3) is 8.10. The molecule has 0 bridgehead atoms. The smallest absolute Gasteiger partial charge is 0.293 e. The number of carbonyl (C=O) groups is 1. The number of hydrogen-bond donors (Lipinski definition) is 2. The number of thioether (sulfide) groups is 1. The first-order chi connectivity index (χ1) is 21.3. The number of nitrogens with one attached hydrogen (secondary N) is 2. The molecular formula is C32H31N5O5S2. The van der Waals surface area contributed by atoms with Crippen LogP contribution < -0.4 is 10.0 Å². The summed E-state index contributed by atoms with van der Waals surface area (Å²) in [5.41, 5.74) is 3.10. The normalized spacial score (nSPS) is 13.6. The number of sulfonamides is 1. The molecule has 12 heteroatoms. The molecule has 0 saturated heterocycles. The minimum Gasteiger partial charge on any atom is -0.379 e. The van der Waals surface area contributed by atoms with Crippen LogP contribution in [0.25, 0.3) is 5.57 Å². The highest BCUT2D eigenvalue weighted by Gasteiger charge is 2.24. The molecule has 226 valence electrons. The van der Waals surface area contributed by atoms with Crippen molar-refractivity contribution >= 4 is 44.6 Å². The monoisotopic (exact) mass is 629 g/mol. The van der Waals surface area contributed by atoms with Gasteiger partial charge in [0.15, 0.2) is 0 Å². The number of nitro benzene ring substituents is 1. The largest absolute Gasteiger partial charge is 0.379 e. The highest BCUT2D eigenvalue weighted by molar-refractivity contribution is 7.99. The summed E-state index contributed by atoms with van der Waals surface area (Å²) in [5, 5.41) is 14.7. The Morgan fingerprint density at radius 2 is 1.77 bits per heavy atom. The van der Waals surface area contributed by atoms with Crippen molar-refractivity contribution in [3.8, 4) is 0 Å². The Balaban J connectivity index is 1.18. The lowest BCUT2D eigenvalue weighted by atomic mass is 9.98. The van der Waals surface area contributed by atoms with Crippen molar-refractivity contribution in [2.24, 2.45) is 0 Å². The van der Waals surface area contributed by atoms with E-state index in [1.807, 2.05) is 53.3 Å². The number of rotatable bonds is 12. The minimum atomic E-state index is -4.36. The van der Waals surface area contributed by atoms with Gasteiger partial charge in [0.25, 0.3) is 21.6 Å². The van der Waals surface area contributed by atoms with E-state index in [1.54, 1.807) is 42.2 Å². The Morgan fingerprint density at radius 1 is 1.00 bits per heavy atom. The Bertz CT molecular complexity index is 1750. The van der Waals surface area contributed by atoms with Gasteiger partial charge in [0, 0.05) is 54.7 Å². The molecule has 0 radical (unpaired) electrons. The first-order valence-corrected chi connectivity index (χ1v) is 16.4. The number of hydrogen-bond acceptors (Lipinski definition) is 9. The first kappa shape index (κ1) is 30.9. The van der Waals surface area contributed by atoms with Crippen molar-refractivity contribution in [3.05, 3.63) is 130 Å². The first-order valence-electron chi connectivity index (χ1n) is 14.0. The molecule has 1 aromatic heterocycles. The summed E-state index contributed by atoms with van der Waals surface area (Å²) < 4.78 is 28.0. The second kappa shape index (κ2) is 14.3. The minimum absolute atomic E-state index is 0.161. The summed E-state index contributed by atoms with van der Waals surface area (Å²) in [7, 11) is -4.36. The van der Waals surface area contributed by atoms with Gasteiger partial charge in [0.1, 0.15) is 5.69 Å². The zero-order valence-electron chi connectivity index (χ0n) is 23.8. The molecule has 0 spiro atoms. The molecule has 1 aliphatic rings. The molecule has 1 amide bonds. The average molecular weight is 630 g/mol. The van der Waals surface area contributed by atoms with Crippen LogP contribution in [0.5, 0.6) is 0 Å². The highest BCUT2D eigenvalue weighted by Crippen LogP contribution is 2.28. The van der Waals surface area contributed by atoms with Crippen LogP contribution in [0.1, 0.15) is 28.0 Å². The predicted octanol–water partition coefficient (Wildman–Crippen LogP) is 5.60. The Labute approximate surface area is 260 Å². The average Bonchev–Trinajstić information content (AvgIpc) is 3.04. The highest BCUT2D eigenvalue weighted by atomic mass is 32.2. The van der Waals surface area contributed by atoms with Crippen LogP contribution in [0.3, 0.4) is 0 Å². The van der Waals surface area contributed by atoms with Crippen molar-refractivity contribution in [2.75, 3.05) is 30.7 Å². The topological polar surface area (TPSA) is 135 Å². The van der Waals surface area contributed by atoms with E-state index in [1.165, 1.54) is 12.1 Å². The second-order valence-corrected chi connectivity index (χ2v) is 12.9. The van der Waals surface area contributed by atoms with E-state index in [0.29, 0.717) is 12.3 Å². The van der Waals surface area contributed by atoms with Crippen molar-refractivity contribution in [1.29, 1.82) is 0 Å². The van der Waals surface area contributed by atoms with Crippen molar-refractivity contribution in [2.45, 2.75) is 22.8 Å². The molecule has 0 fully saturated rings. The summed E-state index contributed by atoms with van der Waals surface area (Å²) in [6.45, 7) is 2.85. The van der Waals surface area contributed by atoms with Crippen LogP contribution in [0, 0.1) is 10.1 Å². The van der Waals surface area contributed by atoms with Crippen LogP contribution in [0.15, 0.2) is 113 Å². The fourth-order valence-corrected chi connectivity index (χ4v) is 6.55. The molecule has 3 aromatic carbocycles. The van der Waals surface area contributed by atoms with Gasteiger partial charge >= 0.3 is 0 Å². The molecule has 0 atom stereocenters. The van der Waals surface area contributed by atoms with Gasteiger partial charge in [-0.25, -0.2) is 13.1 Å². The second-order valence-electron chi connectivity index (χ2n) is 10.1. The number of amides is 1. The number of nitro groups is 1. The molecule has 2 heterocycles. The summed E-state index contributed by atoms with van der Waals surface area (Å²) in [6.07, 6.45) is 4.78. The number of anilines is 1. The fraction of sp³-hybridized carbons (Fsp3) is 0.188. The lowest BCUT2D eigenvalue weighted by molar-refractivity contribution is -0.384. The van der Waals surface area contributed by atoms with Crippen molar-refractivity contribution in [3.63, 3.8) is 0 Å². The summed E-state index contributed by atoms with van der Waals surface area (Å²) in [5.74, 6) is -0.170. The van der Waals surface area contributed by atoms with Crippen LogP contribution in [-0.2, 0) is 16.6 Å². The molecule has 0 saturated carbocycles. The molecule has 4 aromatic rings. The van der Waals surface area contributed by atoms with Crippen LogP contribution >= 0.6 is 11.8 Å². The fourth-order valence-electron chi connectivity index (χ4n) is 4.76. The zero-order chi connectivity index (χ0) is 30.9. The molecule has 2 N–H and O–H groups in total. The standard InChI is InChI=1S/C32H31N5O5S2/c38-32(26-11-9-24(10-12-26)25-15-19-36(20-16-25)23-27-6-4-5-17-33-27)35-44(41,42)29-13-14-30(31(22-29)37(39)40)34-18-21-43-28-7-2-1-3-8-28/h1-15,17,22,34H,16,18-21,23H2,(H,35,38). The van der Waals surface area contributed by atoms with Gasteiger partial charge in [-0.1, -0.05) is 42.5 Å². The molecule has 0 aliphatic carbocycles. The van der Waals surface area contributed by atoms with E-state index in [9.17, 15) is 23.3 Å². The van der Waals surface area contributed by atoms with Gasteiger partial charge in [-0.2, -0.15) is 0 Å². The zero-order valence-corrected chi connectivity index (χ0v) is 25.4. The molecule has 5 rings (SSSR count). The maximum absolute atomic E-state index is 13.0. The maximum Gasteiger partial charge on any atom is 0.293 e. The predicted molar refractivity (Wildman–Crippen MR) is 172 cm³/mol. The van der Waals surface area contributed by atoms with E-state index >= 15 is 0 Å². The van der Waals surface area contributed by atoms with E-state index in [2.05, 4.69) is 21.3 Å². The molecule has 10 nitrogen and oxygen atoms in total. The number of benzene rings is 3. The van der Waals surface area contributed by atoms with Crippen molar-refractivity contribution in [1.82, 2.24) is 14.6 Å². The van der Waals surface area contributed by atoms with Gasteiger partial charge in [-0.05, 0) is 66.1 Å². The van der Waals surface area contributed by atoms with E-state index < -0.39 is 26.5 Å². The molecule has 1 aliphatic heterocycles. The van der Waals surface area contributed by atoms with Gasteiger partial charge in [0.05, 0.1) is 15.5 Å². The SMILES string of the molecule is O=C(NS(=O)(=O)c1ccc(NCCSc2ccccc2)c([N+](=O)[O-])c1)c1ccc(C2=CCN(Cc3ccccn3)CC2)cc1. The quantitative estimate of drug-likeness (QED) is 0.0888. The molecular weight excluding hydrogens is 599 g/mol. The van der Waals surface area contributed by atoms with Crippen LogP contribution in [0.4, 0.5) is 11.4 Å². The number of carbonyl (C=O) groups excluding carboxylic acids is 1. The third-order valence-electron chi connectivity index (χ3n) is 7.06. The van der Waals surface area contributed by atoms with Gasteiger partial charge in [-0.15, -0.1) is 11.8 Å².